The lowest BCUT2D eigenvalue weighted by molar-refractivity contribution is -0.215. The predicted octanol–water partition coefficient (Wildman–Crippen LogP) is 4.32. The maximum atomic E-state index is 13.5. The van der Waals surface area contributed by atoms with Gasteiger partial charge in [-0.1, -0.05) is 52.3 Å². The molecule has 2 amide bonds. The standard InChI is InChI=1S/C28H27BrN2O6/c1-30-14-15-35-28(27(30)33)37-25-24(31(26(25)32)20-9-11-21(34-2)12-10-20)22-13-8-19(29)16-23(22)36-17-18-6-4-3-5-7-18/h3-13,16,24-25,28H,14-15,17H2,1-2H3. The van der Waals surface area contributed by atoms with Crippen LogP contribution in [0.5, 0.6) is 11.5 Å². The number of nitrogens with zero attached hydrogens (tertiary/aromatic N) is 2. The Labute approximate surface area is 223 Å². The number of rotatable bonds is 8. The first-order valence-corrected chi connectivity index (χ1v) is 12.7. The number of morpholine rings is 1. The number of likely N-dealkylation sites (N-methyl/N-ethyl adjacent to an activating group) is 1. The van der Waals surface area contributed by atoms with Gasteiger partial charge in [0.05, 0.1) is 13.7 Å². The van der Waals surface area contributed by atoms with Gasteiger partial charge in [0.2, 0.25) is 6.29 Å². The smallest absolute Gasteiger partial charge is 0.279 e. The third-order valence-corrected chi connectivity index (χ3v) is 6.97. The average molecular weight is 567 g/mol. The molecule has 0 aromatic heterocycles. The van der Waals surface area contributed by atoms with E-state index in [4.69, 9.17) is 18.9 Å². The summed E-state index contributed by atoms with van der Waals surface area (Å²) in [6.45, 7) is 1.17. The van der Waals surface area contributed by atoms with Crippen LogP contribution in [0.3, 0.4) is 0 Å². The second-order valence-electron chi connectivity index (χ2n) is 8.83. The molecule has 2 fully saturated rings. The van der Waals surface area contributed by atoms with Crippen LogP contribution in [0.1, 0.15) is 17.2 Å². The van der Waals surface area contributed by atoms with Crippen molar-refractivity contribution in [3.63, 3.8) is 0 Å². The van der Waals surface area contributed by atoms with Crippen molar-refractivity contribution in [2.75, 3.05) is 32.2 Å². The van der Waals surface area contributed by atoms with Crippen LogP contribution in [-0.4, -0.2) is 56.4 Å². The minimum Gasteiger partial charge on any atom is -0.497 e. The van der Waals surface area contributed by atoms with Crippen molar-refractivity contribution in [3.8, 4) is 11.5 Å². The summed E-state index contributed by atoms with van der Waals surface area (Å²) >= 11 is 3.53. The van der Waals surface area contributed by atoms with Gasteiger partial charge in [-0.25, -0.2) is 0 Å². The van der Waals surface area contributed by atoms with E-state index >= 15 is 0 Å². The highest BCUT2D eigenvalue weighted by Gasteiger charge is 2.53. The first-order valence-electron chi connectivity index (χ1n) is 11.9. The quantitative estimate of drug-likeness (QED) is 0.378. The van der Waals surface area contributed by atoms with Crippen LogP contribution in [0.15, 0.2) is 77.3 Å². The molecule has 3 aromatic rings. The largest absolute Gasteiger partial charge is 0.497 e. The molecule has 0 N–H and O–H groups in total. The van der Waals surface area contributed by atoms with Crippen LogP contribution in [0.2, 0.25) is 0 Å². The predicted molar refractivity (Wildman–Crippen MR) is 140 cm³/mol. The molecular formula is C28H27BrN2O6. The van der Waals surface area contributed by atoms with Crippen LogP contribution in [-0.2, 0) is 25.7 Å². The molecule has 2 heterocycles. The van der Waals surface area contributed by atoms with E-state index in [1.165, 1.54) is 0 Å². The Morgan fingerprint density at radius 1 is 1.00 bits per heavy atom. The fourth-order valence-electron chi connectivity index (χ4n) is 4.43. The summed E-state index contributed by atoms with van der Waals surface area (Å²) in [6, 6.07) is 22.2. The van der Waals surface area contributed by atoms with E-state index in [-0.39, 0.29) is 11.8 Å². The summed E-state index contributed by atoms with van der Waals surface area (Å²) in [6.07, 6.45) is -2.07. The van der Waals surface area contributed by atoms with Gasteiger partial charge in [0, 0.05) is 29.3 Å². The number of amides is 2. The summed E-state index contributed by atoms with van der Waals surface area (Å²) in [7, 11) is 3.28. The van der Waals surface area contributed by atoms with Crippen LogP contribution in [0.25, 0.3) is 0 Å². The number of hydrogen-bond acceptors (Lipinski definition) is 6. The van der Waals surface area contributed by atoms with Gasteiger partial charge in [-0.2, -0.15) is 0 Å². The van der Waals surface area contributed by atoms with Crippen molar-refractivity contribution >= 4 is 33.4 Å². The highest BCUT2D eigenvalue weighted by atomic mass is 79.9. The molecule has 2 aliphatic heterocycles. The van der Waals surface area contributed by atoms with E-state index in [0.29, 0.717) is 36.9 Å². The lowest BCUT2D eigenvalue weighted by Gasteiger charge is -2.48. The summed E-state index contributed by atoms with van der Waals surface area (Å²) in [5, 5.41) is 0. The van der Waals surface area contributed by atoms with Crippen LogP contribution >= 0.6 is 15.9 Å². The molecule has 0 saturated carbocycles. The first-order chi connectivity index (χ1) is 18.0. The fraction of sp³-hybridized carbons (Fsp3) is 0.286. The molecule has 3 aromatic carbocycles. The maximum Gasteiger partial charge on any atom is 0.279 e. The molecule has 3 unspecified atom stereocenters. The van der Waals surface area contributed by atoms with Gasteiger partial charge in [0.1, 0.15) is 24.1 Å². The van der Waals surface area contributed by atoms with Gasteiger partial charge in [-0.3, -0.25) is 14.5 Å². The van der Waals surface area contributed by atoms with Crippen LogP contribution in [0.4, 0.5) is 5.69 Å². The molecule has 0 aliphatic carbocycles. The van der Waals surface area contributed by atoms with Gasteiger partial charge < -0.3 is 23.8 Å². The normalized spacial score (nSPS) is 21.5. The Morgan fingerprint density at radius 3 is 2.49 bits per heavy atom. The van der Waals surface area contributed by atoms with Crippen molar-refractivity contribution in [1.82, 2.24) is 4.90 Å². The SMILES string of the molecule is COc1ccc(N2C(=O)C(OC3OCCN(C)C3=O)C2c2ccc(Br)cc2OCc2ccccc2)cc1. The Kier molecular flexibility index (Phi) is 7.45. The molecule has 192 valence electrons. The number of hydrogen-bond donors (Lipinski definition) is 0. The molecule has 2 saturated heterocycles. The molecule has 0 bridgehead atoms. The summed E-state index contributed by atoms with van der Waals surface area (Å²) in [5.41, 5.74) is 2.46. The van der Waals surface area contributed by atoms with Gasteiger partial charge in [-0.15, -0.1) is 0 Å². The molecular weight excluding hydrogens is 540 g/mol. The molecule has 37 heavy (non-hydrogen) atoms. The summed E-state index contributed by atoms with van der Waals surface area (Å²) in [4.78, 5) is 29.3. The zero-order chi connectivity index (χ0) is 25.9. The van der Waals surface area contributed by atoms with E-state index in [1.54, 1.807) is 36.1 Å². The lowest BCUT2D eigenvalue weighted by atomic mass is 9.89. The number of benzene rings is 3. The zero-order valence-corrected chi connectivity index (χ0v) is 22.1. The number of methoxy groups -OCH3 is 1. The number of anilines is 1. The molecule has 3 atom stereocenters. The molecule has 0 spiro atoms. The fourth-order valence-corrected chi connectivity index (χ4v) is 4.77. The molecule has 2 aliphatic rings. The zero-order valence-electron chi connectivity index (χ0n) is 20.5. The number of β-lactam (4-membered cyclic amide) rings is 1. The Morgan fingerprint density at radius 2 is 1.76 bits per heavy atom. The summed E-state index contributed by atoms with van der Waals surface area (Å²) < 4.78 is 24.0. The minimum atomic E-state index is -1.14. The second-order valence-corrected chi connectivity index (χ2v) is 9.74. The van der Waals surface area contributed by atoms with Crippen molar-refractivity contribution in [2.45, 2.75) is 25.0 Å². The summed E-state index contributed by atoms with van der Waals surface area (Å²) in [5.74, 6) is 0.713. The second kappa shape index (κ2) is 10.9. The third kappa shape index (κ3) is 5.20. The minimum absolute atomic E-state index is 0.267. The molecule has 8 nitrogen and oxygen atoms in total. The van der Waals surface area contributed by atoms with Crippen molar-refractivity contribution < 1.29 is 28.5 Å². The lowest BCUT2D eigenvalue weighted by Crippen LogP contribution is -2.62. The van der Waals surface area contributed by atoms with Crippen molar-refractivity contribution in [2.24, 2.45) is 0 Å². The van der Waals surface area contributed by atoms with E-state index in [9.17, 15) is 9.59 Å². The Hall–Kier alpha value is -3.40. The first kappa shape index (κ1) is 25.3. The van der Waals surface area contributed by atoms with E-state index in [2.05, 4.69) is 15.9 Å². The van der Waals surface area contributed by atoms with Crippen LogP contribution < -0.4 is 14.4 Å². The van der Waals surface area contributed by atoms with E-state index in [1.807, 2.05) is 60.7 Å². The van der Waals surface area contributed by atoms with Gasteiger partial charge in [0.15, 0.2) is 6.10 Å². The molecule has 9 heteroatoms. The van der Waals surface area contributed by atoms with E-state index < -0.39 is 18.4 Å². The Bertz CT molecular complexity index is 1270. The third-order valence-electron chi connectivity index (χ3n) is 6.47. The average Bonchev–Trinajstić information content (AvgIpc) is 2.92. The molecule has 5 rings (SSSR count). The van der Waals surface area contributed by atoms with Crippen molar-refractivity contribution in [3.05, 3.63) is 88.4 Å². The van der Waals surface area contributed by atoms with Gasteiger partial charge in [0.25, 0.3) is 11.8 Å². The molecule has 0 radical (unpaired) electrons. The van der Waals surface area contributed by atoms with Crippen LogP contribution in [0, 0.1) is 0 Å². The number of carbonyl (C=O) groups is 2. The van der Waals surface area contributed by atoms with Gasteiger partial charge in [-0.05, 0) is 42.0 Å². The highest BCUT2D eigenvalue weighted by Crippen LogP contribution is 2.45. The maximum absolute atomic E-state index is 13.5. The van der Waals surface area contributed by atoms with Crippen molar-refractivity contribution in [1.29, 1.82) is 0 Å². The number of ether oxygens (including phenoxy) is 4. The number of halogens is 1. The topological polar surface area (TPSA) is 77.5 Å². The Balaban J connectivity index is 1.49. The van der Waals surface area contributed by atoms with Gasteiger partial charge >= 0.3 is 0 Å². The highest BCUT2D eigenvalue weighted by molar-refractivity contribution is 9.10. The van der Waals surface area contributed by atoms with E-state index in [0.717, 1.165) is 15.6 Å². The number of carbonyl (C=O) groups excluding carboxylic acids is 2. The monoisotopic (exact) mass is 566 g/mol.